The molecular weight excluding hydrogens is 248 g/mol. The highest BCUT2D eigenvalue weighted by molar-refractivity contribution is 4.57. The lowest BCUT2D eigenvalue weighted by molar-refractivity contribution is 0.147. The van der Waals surface area contributed by atoms with Crippen molar-refractivity contribution in [2.75, 3.05) is 6.61 Å². The molecule has 2 N–H and O–H groups in total. The van der Waals surface area contributed by atoms with E-state index in [4.69, 9.17) is 5.11 Å². The number of rotatable bonds is 16. The van der Waals surface area contributed by atoms with Gasteiger partial charge in [0.05, 0.1) is 6.10 Å². The Bertz CT molecular complexity index is 171. The van der Waals surface area contributed by atoms with Gasteiger partial charge in [0, 0.05) is 6.61 Å². The smallest absolute Gasteiger partial charge is 0.0540 e. The topological polar surface area (TPSA) is 40.5 Å². The maximum atomic E-state index is 9.86. The molecular formula is C18H38O2. The molecule has 0 rings (SSSR count). The quantitative estimate of drug-likeness (QED) is 0.382. The Labute approximate surface area is 127 Å². The van der Waals surface area contributed by atoms with E-state index in [1.54, 1.807) is 0 Å². The molecule has 0 radical (unpaired) electrons. The van der Waals surface area contributed by atoms with E-state index in [1.807, 2.05) is 0 Å². The van der Waals surface area contributed by atoms with Gasteiger partial charge in [-0.2, -0.15) is 0 Å². The van der Waals surface area contributed by atoms with Crippen molar-refractivity contribution >= 4 is 0 Å². The van der Waals surface area contributed by atoms with Crippen molar-refractivity contribution in [3.8, 4) is 0 Å². The molecule has 122 valence electrons. The van der Waals surface area contributed by atoms with Crippen LogP contribution in [0.1, 0.15) is 103 Å². The molecule has 0 bridgehead atoms. The maximum Gasteiger partial charge on any atom is 0.0540 e. The van der Waals surface area contributed by atoms with Crippen molar-refractivity contribution in [3.63, 3.8) is 0 Å². The number of hydrogen-bond donors (Lipinski definition) is 2. The lowest BCUT2D eigenvalue weighted by atomic mass is 10.0. The van der Waals surface area contributed by atoms with E-state index < -0.39 is 0 Å². The standard InChI is InChI=1S/C18H38O2/c1-2-3-4-5-6-7-8-9-12-15-18(20)16-13-10-11-14-17-19/h18-20H,2-17H2,1H3. The molecule has 0 amide bonds. The fourth-order valence-electron chi connectivity index (χ4n) is 2.68. The largest absolute Gasteiger partial charge is 0.396 e. The second-order valence-electron chi connectivity index (χ2n) is 6.20. The normalized spacial score (nSPS) is 12.8. The van der Waals surface area contributed by atoms with Gasteiger partial charge in [0.2, 0.25) is 0 Å². The maximum absolute atomic E-state index is 9.86. The third-order valence-corrected chi connectivity index (χ3v) is 4.09. The Morgan fingerprint density at radius 2 is 1.00 bits per heavy atom. The zero-order valence-corrected chi connectivity index (χ0v) is 13.8. The zero-order valence-electron chi connectivity index (χ0n) is 13.8. The van der Waals surface area contributed by atoms with Gasteiger partial charge in [0.1, 0.15) is 0 Å². The third kappa shape index (κ3) is 16.0. The highest BCUT2D eigenvalue weighted by atomic mass is 16.3. The molecule has 0 aromatic carbocycles. The van der Waals surface area contributed by atoms with E-state index in [0.717, 1.165) is 38.5 Å². The molecule has 20 heavy (non-hydrogen) atoms. The van der Waals surface area contributed by atoms with Gasteiger partial charge in [0.15, 0.2) is 0 Å². The summed E-state index contributed by atoms with van der Waals surface area (Å²) < 4.78 is 0. The molecule has 0 aromatic heterocycles. The van der Waals surface area contributed by atoms with E-state index in [-0.39, 0.29) is 6.10 Å². The van der Waals surface area contributed by atoms with Crippen molar-refractivity contribution in [2.45, 2.75) is 109 Å². The van der Waals surface area contributed by atoms with E-state index in [9.17, 15) is 5.11 Å². The molecule has 0 aromatic rings. The molecule has 0 heterocycles. The first-order valence-corrected chi connectivity index (χ1v) is 9.10. The highest BCUT2D eigenvalue weighted by Gasteiger charge is 2.03. The lowest BCUT2D eigenvalue weighted by Crippen LogP contribution is -2.06. The Morgan fingerprint density at radius 1 is 0.600 bits per heavy atom. The Morgan fingerprint density at radius 3 is 1.45 bits per heavy atom. The van der Waals surface area contributed by atoms with Crippen LogP contribution >= 0.6 is 0 Å². The van der Waals surface area contributed by atoms with Crippen molar-refractivity contribution in [1.29, 1.82) is 0 Å². The van der Waals surface area contributed by atoms with Crippen LogP contribution in [0, 0.1) is 0 Å². The van der Waals surface area contributed by atoms with Gasteiger partial charge in [-0.25, -0.2) is 0 Å². The lowest BCUT2D eigenvalue weighted by Gasteiger charge is -2.10. The van der Waals surface area contributed by atoms with Crippen LogP contribution in [0.5, 0.6) is 0 Å². The second-order valence-corrected chi connectivity index (χ2v) is 6.20. The summed E-state index contributed by atoms with van der Waals surface area (Å²) in [6.45, 7) is 2.57. The summed E-state index contributed by atoms with van der Waals surface area (Å²) in [4.78, 5) is 0. The summed E-state index contributed by atoms with van der Waals surface area (Å²) in [5, 5.41) is 18.5. The first kappa shape index (κ1) is 19.9. The van der Waals surface area contributed by atoms with Crippen LogP contribution < -0.4 is 0 Å². The van der Waals surface area contributed by atoms with Gasteiger partial charge in [-0.05, 0) is 19.3 Å². The van der Waals surface area contributed by atoms with Crippen LogP contribution in [0.25, 0.3) is 0 Å². The summed E-state index contributed by atoms with van der Waals surface area (Å²) in [7, 11) is 0. The molecule has 0 spiro atoms. The predicted molar refractivity (Wildman–Crippen MR) is 88.0 cm³/mol. The summed E-state index contributed by atoms with van der Waals surface area (Å²) in [6, 6.07) is 0. The minimum Gasteiger partial charge on any atom is -0.396 e. The van der Waals surface area contributed by atoms with Gasteiger partial charge in [0.25, 0.3) is 0 Å². The van der Waals surface area contributed by atoms with Crippen LogP contribution in [0.15, 0.2) is 0 Å². The molecule has 0 saturated carbocycles. The summed E-state index contributed by atoms with van der Waals surface area (Å²) >= 11 is 0. The minimum atomic E-state index is -0.0892. The monoisotopic (exact) mass is 286 g/mol. The summed E-state index contributed by atoms with van der Waals surface area (Å²) in [6.07, 6.45) is 18.2. The Kier molecular flexibility index (Phi) is 16.9. The Hall–Kier alpha value is -0.0800. The first-order chi connectivity index (χ1) is 9.81. The highest BCUT2D eigenvalue weighted by Crippen LogP contribution is 2.14. The van der Waals surface area contributed by atoms with Crippen LogP contribution in [-0.4, -0.2) is 22.9 Å². The fourth-order valence-corrected chi connectivity index (χ4v) is 2.68. The van der Waals surface area contributed by atoms with E-state index in [0.29, 0.717) is 6.61 Å². The van der Waals surface area contributed by atoms with Crippen LogP contribution in [0.2, 0.25) is 0 Å². The van der Waals surface area contributed by atoms with Gasteiger partial charge >= 0.3 is 0 Å². The van der Waals surface area contributed by atoms with Crippen LogP contribution in [0.3, 0.4) is 0 Å². The predicted octanol–water partition coefficient (Wildman–Crippen LogP) is 5.21. The van der Waals surface area contributed by atoms with Gasteiger partial charge in [-0.15, -0.1) is 0 Å². The molecule has 1 unspecified atom stereocenters. The van der Waals surface area contributed by atoms with Crippen molar-refractivity contribution < 1.29 is 10.2 Å². The number of unbranched alkanes of at least 4 members (excludes halogenated alkanes) is 11. The van der Waals surface area contributed by atoms with Crippen LogP contribution in [0.4, 0.5) is 0 Å². The fraction of sp³-hybridized carbons (Fsp3) is 1.00. The number of hydrogen-bond acceptors (Lipinski definition) is 2. The molecule has 0 aliphatic rings. The van der Waals surface area contributed by atoms with Gasteiger partial charge in [-0.3, -0.25) is 0 Å². The van der Waals surface area contributed by atoms with E-state index in [1.165, 1.54) is 57.8 Å². The van der Waals surface area contributed by atoms with Crippen molar-refractivity contribution in [2.24, 2.45) is 0 Å². The van der Waals surface area contributed by atoms with Crippen LogP contribution in [-0.2, 0) is 0 Å². The average Bonchev–Trinajstić information content (AvgIpc) is 2.45. The SMILES string of the molecule is CCCCCCCCCCCC(O)CCCCCCO. The Balaban J connectivity index is 3.09. The molecule has 1 atom stereocenters. The minimum absolute atomic E-state index is 0.0892. The summed E-state index contributed by atoms with van der Waals surface area (Å²) in [5.41, 5.74) is 0. The van der Waals surface area contributed by atoms with Gasteiger partial charge < -0.3 is 10.2 Å². The number of aliphatic hydroxyl groups is 2. The summed E-state index contributed by atoms with van der Waals surface area (Å²) in [5.74, 6) is 0. The van der Waals surface area contributed by atoms with Crippen molar-refractivity contribution in [1.82, 2.24) is 0 Å². The number of aliphatic hydroxyl groups excluding tert-OH is 2. The van der Waals surface area contributed by atoms with E-state index >= 15 is 0 Å². The van der Waals surface area contributed by atoms with Crippen molar-refractivity contribution in [3.05, 3.63) is 0 Å². The van der Waals surface area contributed by atoms with E-state index in [2.05, 4.69) is 6.92 Å². The molecule has 0 aliphatic heterocycles. The zero-order chi connectivity index (χ0) is 14.9. The second kappa shape index (κ2) is 17.0. The molecule has 2 heteroatoms. The molecule has 2 nitrogen and oxygen atoms in total. The van der Waals surface area contributed by atoms with Gasteiger partial charge in [-0.1, -0.05) is 84.0 Å². The molecule has 0 saturated heterocycles. The first-order valence-electron chi connectivity index (χ1n) is 9.10. The molecule has 0 fully saturated rings. The third-order valence-electron chi connectivity index (χ3n) is 4.09. The average molecular weight is 286 g/mol. The molecule has 0 aliphatic carbocycles.